The van der Waals surface area contributed by atoms with Crippen molar-refractivity contribution in [2.24, 2.45) is 0 Å². The van der Waals surface area contributed by atoms with Gasteiger partial charge in [-0.05, 0) is 73.4 Å². The van der Waals surface area contributed by atoms with E-state index in [1.165, 1.54) is 12.1 Å². The van der Waals surface area contributed by atoms with Crippen LogP contribution in [0, 0.1) is 19.7 Å². The zero-order valence-electron chi connectivity index (χ0n) is 15.4. The van der Waals surface area contributed by atoms with Gasteiger partial charge in [-0.15, -0.1) is 0 Å². The Balaban J connectivity index is 1.54. The SMILES string of the molecule is Cc1cc(C)cc(NC(=O)c2ccc(NCCc3ccc(F)cc3)cn2)c1. The van der Waals surface area contributed by atoms with E-state index in [1.807, 2.05) is 32.0 Å². The molecule has 0 bridgehead atoms. The van der Waals surface area contributed by atoms with Crippen molar-refractivity contribution in [2.75, 3.05) is 17.2 Å². The Kier molecular flexibility index (Phi) is 5.81. The third kappa shape index (κ3) is 5.38. The lowest BCUT2D eigenvalue weighted by Crippen LogP contribution is -2.14. The second kappa shape index (κ2) is 8.45. The number of nitrogens with one attached hydrogen (secondary N) is 2. The summed E-state index contributed by atoms with van der Waals surface area (Å²) in [4.78, 5) is 16.6. The molecule has 0 radical (unpaired) electrons. The Morgan fingerprint density at radius 2 is 1.67 bits per heavy atom. The van der Waals surface area contributed by atoms with Crippen molar-refractivity contribution in [3.8, 4) is 0 Å². The van der Waals surface area contributed by atoms with E-state index in [1.54, 1.807) is 24.4 Å². The van der Waals surface area contributed by atoms with Crippen molar-refractivity contribution in [1.82, 2.24) is 4.98 Å². The molecule has 3 aromatic rings. The molecule has 3 rings (SSSR count). The molecule has 2 N–H and O–H groups in total. The maximum Gasteiger partial charge on any atom is 0.274 e. The molecule has 0 aliphatic carbocycles. The highest BCUT2D eigenvalue weighted by molar-refractivity contribution is 6.03. The van der Waals surface area contributed by atoms with Crippen molar-refractivity contribution in [3.05, 3.63) is 89.0 Å². The van der Waals surface area contributed by atoms with Crippen LogP contribution in [-0.2, 0) is 6.42 Å². The molecule has 2 aromatic carbocycles. The minimum absolute atomic E-state index is 0.231. The third-order valence-electron chi connectivity index (χ3n) is 4.13. The number of nitrogens with zero attached hydrogens (tertiary/aromatic N) is 1. The quantitative estimate of drug-likeness (QED) is 0.665. The van der Waals surface area contributed by atoms with Crippen LogP contribution >= 0.6 is 0 Å². The molecular weight excluding hydrogens is 341 g/mol. The van der Waals surface area contributed by atoms with Gasteiger partial charge in [-0.2, -0.15) is 0 Å². The van der Waals surface area contributed by atoms with Crippen molar-refractivity contribution in [1.29, 1.82) is 0 Å². The summed E-state index contributed by atoms with van der Waals surface area (Å²) in [7, 11) is 0. The van der Waals surface area contributed by atoms with E-state index in [-0.39, 0.29) is 11.7 Å². The molecule has 0 aliphatic heterocycles. The van der Waals surface area contributed by atoms with Gasteiger partial charge in [0.25, 0.3) is 5.91 Å². The summed E-state index contributed by atoms with van der Waals surface area (Å²) < 4.78 is 12.9. The van der Waals surface area contributed by atoms with Crippen LogP contribution in [0.2, 0.25) is 0 Å². The fourth-order valence-electron chi connectivity index (χ4n) is 2.88. The number of carbonyl (C=O) groups excluding carboxylic acids is 1. The van der Waals surface area contributed by atoms with Crippen molar-refractivity contribution < 1.29 is 9.18 Å². The molecule has 0 saturated carbocycles. The Hall–Kier alpha value is -3.21. The first-order chi connectivity index (χ1) is 13.0. The Morgan fingerprint density at radius 1 is 0.963 bits per heavy atom. The summed E-state index contributed by atoms with van der Waals surface area (Å²) in [5.41, 5.74) is 5.21. The monoisotopic (exact) mass is 363 g/mol. The molecule has 27 heavy (non-hydrogen) atoms. The largest absolute Gasteiger partial charge is 0.383 e. The van der Waals surface area contributed by atoms with Gasteiger partial charge in [-0.25, -0.2) is 9.37 Å². The molecule has 1 heterocycles. The predicted molar refractivity (Wildman–Crippen MR) is 107 cm³/mol. The van der Waals surface area contributed by atoms with E-state index in [2.05, 4.69) is 21.7 Å². The number of rotatable bonds is 6. The lowest BCUT2D eigenvalue weighted by atomic mass is 10.1. The fraction of sp³-hybridized carbons (Fsp3) is 0.182. The van der Waals surface area contributed by atoms with Crippen LogP contribution in [0.25, 0.3) is 0 Å². The number of pyridine rings is 1. The van der Waals surface area contributed by atoms with Gasteiger partial charge in [0, 0.05) is 12.2 Å². The van der Waals surface area contributed by atoms with E-state index in [4.69, 9.17) is 0 Å². The minimum atomic E-state index is -0.238. The molecule has 0 unspecified atom stereocenters. The highest BCUT2D eigenvalue weighted by Crippen LogP contribution is 2.15. The summed E-state index contributed by atoms with van der Waals surface area (Å²) in [5.74, 6) is -0.469. The molecular formula is C22H22FN3O. The van der Waals surface area contributed by atoms with Crippen LogP contribution in [0.3, 0.4) is 0 Å². The molecule has 0 aliphatic rings. The maximum absolute atomic E-state index is 12.9. The molecule has 0 fully saturated rings. The van der Waals surface area contributed by atoms with Crippen molar-refractivity contribution >= 4 is 17.3 Å². The number of hydrogen-bond donors (Lipinski definition) is 2. The third-order valence-corrected chi connectivity index (χ3v) is 4.13. The van der Waals surface area contributed by atoms with Gasteiger partial charge in [0.15, 0.2) is 0 Å². The van der Waals surface area contributed by atoms with E-state index in [9.17, 15) is 9.18 Å². The van der Waals surface area contributed by atoms with Crippen LogP contribution in [0.1, 0.15) is 27.2 Å². The van der Waals surface area contributed by atoms with Crippen molar-refractivity contribution in [2.45, 2.75) is 20.3 Å². The summed E-state index contributed by atoms with van der Waals surface area (Å²) >= 11 is 0. The topological polar surface area (TPSA) is 54.0 Å². The molecule has 5 heteroatoms. The minimum Gasteiger partial charge on any atom is -0.383 e. The number of halogens is 1. The molecule has 0 atom stereocenters. The first-order valence-corrected chi connectivity index (χ1v) is 8.83. The number of benzene rings is 2. The Labute approximate surface area is 158 Å². The molecule has 4 nitrogen and oxygen atoms in total. The standard InChI is InChI=1S/C22H22FN3O/c1-15-11-16(2)13-20(12-15)26-22(27)21-8-7-19(14-25-21)24-10-9-17-3-5-18(23)6-4-17/h3-8,11-14,24H,9-10H2,1-2H3,(H,26,27). The first-order valence-electron chi connectivity index (χ1n) is 8.83. The lowest BCUT2D eigenvalue weighted by molar-refractivity contribution is 0.102. The first kappa shape index (κ1) is 18.6. The average Bonchev–Trinajstić information content (AvgIpc) is 2.63. The number of carbonyl (C=O) groups is 1. The van der Waals surface area contributed by atoms with Crippen molar-refractivity contribution in [3.63, 3.8) is 0 Å². The van der Waals surface area contributed by atoms with Crippen LogP contribution in [0.15, 0.2) is 60.8 Å². The van der Waals surface area contributed by atoms with Gasteiger partial charge < -0.3 is 10.6 Å². The number of aromatic nitrogens is 1. The molecule has 1 amide bonds. The zero-order valence-corrected chi connectivity index (χ0v) is 15.4. The van der Waals surface area contributed by atoms with E-state index in [0.29, 0.717) is 12.2 Å². The van der Waals surface area contributed by atoms with Gasteiger partial charge in [0.05, 0.1) is 11.9 Å². The van der Waals surface area contributed by atoms with Gasteiger partial charge >= 0.3 is 0 Å². The Morgan fingerprint density at radius 3 is 2.30 bits per heavy atom. The maximum atomic E-state index is 12.9. The molecule has 0 saturated heterocycles. The van der Waals surface area contributed by atoms with Crippen LogP contribution in [0.5, 0.6) is 0 Å². The second-order valence-corrected chi connectivity index (χ2v) is 6.57. The predicted octanol–water partition coefficient (Wildman–Crippen LogP) is 4.74. The molecule has 138 valence electrons. The van der Waals surface area contributed by atoms with Crippen LogP contribution < -0.4 is 10.6 Å². The van der Waals surface area contributed by atoms with E-state index < -0.39 is 0 Å². The van der Waals surface area contributed by atoms with Gasteiger partial charge in [0.1, 0.15) is 11.5 Å². The summed E-state index contributed by atoms with van der Waals surface area (Å²) in [6.45, 7) is 4.68. The normalized spacial score (nSPS) is 10.5. The molecule has 1 aromatic heterocycles. The smallest absolute Gasteiger partial charge is 0.274 e. The Bertz CT molecular complexity index is 901. The van der Waals surface area contributed by atoms with Crippen LogP contribution in [-0.4, -0.2) is 17.4 Å². The highest BCUT2D eigenvalue weighted by atomic mass is 19.1. The van der Waals surface area contributed by atoms with E-state index >= 15 is 0 Å². The van der Waals surface area contributed by atoms with Crippen LogP contribution in [0.4, 0.5) is 15.8 Å². The van der Waals surface area contributed by atoms with Gasteiger partial charge in [-0.1, -0.05) is 18.2 Å². The van der Waals surface area contributed by atoms with Gasteiger partial charge in [-0.3, -0.25) is 4.79 Å². The fourth-order valence-corrected chi connectivity index (χ4v) is 2.88. The number of aryl methyl sites for hydroxylation is 2. The average molecular weight is 363 g/mol. The van der Waals surface area contributed by atoms with E-state index in [0.717, 1.165) is 34.5 Å². The summed E-state index contributed by atoms with van der Waals surface area (Å²) in [5, 5.41) is 6.13. The lowest BCUT2D eigenvalue weighted by Gasteiger charge is -2.09. The number of hydrogen-bond acceptors (Lipinski definition) is 3. The number of amides is 1. The zero-order chi connectivity index (χ0) is 19.2. The highest BCUT2D eigenvalue weighted by Gasteiger charge is 2.08. The summed E-state index contributed by atoms with van der Waals surface area (Å²) in [6.07, 6.45) is 2.41. The van der Waals surface area contributed by atoms with Gasteiger partial charge in [0.2, 0.25) is 0 Å². The molecule has 0 spiro atoms. The number of anilines is 2. The summed E-state index contributed by atoms with van der Waals surface area (Å²) in [6, 6.07) is 15.9. The second-order valence-electron chi connectivity index (χ2n) is 6.57.